The molecule has 20 heavy (non-hydrogen) atoms. The maximum atomic E-state index is 5.29. The summed E-state index contributed by atoms with van der Waals surface area (Å²) >= 11 is 5.99. The first-order valence-corrected chi connectivity index (χ1v) is 8.26. The molecular weight excluding hydrogens is 429 g/mol. The van der Waals surface area contributed by atoms with E-state index in [0.29, 0.717) is 0 Å². The lowest BCUT2D eigenvalue weighted by Gasteiger charge is -2.19. The maximum Gasteiger partial charge on any atom is 0.119 e. The lowest BCUT2D eigenvalue weighted by Crippen LogP contribution is -2.19. The van der Waals surface area contributed by atoms with Crippen LogP contribution in [0.2, 0.25) is 0 Å². The summed E-state index contributed by atoms with van der Waals surface area (Å²) in [6.07, 6.45) is 0.923. The van der Waals surface area contributed by atoms with Crippen LogP contribution < -0.4 is 10.1 Å². The van der Waals surface area contributed by atoms with Gasteiger partial charge in [0.2, 0.25) is 0 Å². The van der Waals surface area contributed by atoms with E-state index in [-0.39, 0.29) is 6.04 Å². The van der Waals surface area contributed by atoms with Gasteiger partial charge < -0.3 is 10.1 Å². The third-order valence-electron chi connectivity index (χ3n) is 3.26. The van der Waals surface area contributed by atoms with E-state index in [4.69, 9.17) is 4.74 Å². The Morgan fingerprint density at radius 3 is 2.75 bits per heavy atom. The van der Waals surface area contributed by atoms with E-state index in [2.05, 4.69) is 74.2 Å². The molecule has 0 aliphatic rings. The van der Waals surface area contributed by atoms with Gasteiger partial charge in [-0.25, -0.2) is 0 Å². The van der Waals surface area contributed by atoms with E-state index in [1.54, 1.807) is 7.11 Å². The molecule has 0 saturated heterocycles. The Bertz CT molecular complexity index is 588. The fourth-order valence-electron chi connectivity index (χ4n) is 2.18. The van der Waals surface area contributed by atoms with Crippen LogP contribution in [0.3, 0.4) is 0 Å². The van der Waals surface area contributed by atoms with Crippen molar-refractivity contribution in [2.45, 2.75) is 12.5 Å². The lowest BCUT2D eigenvalue weighted by molar-refractivity contribution is 0.414. The summed E-state index contributed by atoms with van der Waals surface area (Å²) in [7, 11) is 3.70. The average molecular weight is 446 g/mol. The van der Waals surface area contributed by atoms with Crippen LogP contribution in [0, 0.1) is 3.57 Å². The number of likely N-dealkylation sites (N-methyl/N-ethyl adjacent to an activating group) is 1. The Labute approximate surface area is 142 Å². The van der Waals surface area contributed by atoms with E-state index in [1.807, 2.05) is 19.2 Å². The van der Waals surface area contributed by atoms with Crippen LogP contribution in [0.4, 0.5) is 0 Å². The van der Waals surface area contributed by atoms with Crippen molar-refractivity contribution >= 4 is 38.5 Å². The second-order valence-electron chi connectivity index (χ2n) is 4.56. The molecule has 0 amide bonds. The zero-order chi connectivity index (χ0) is 14.5. The highest BCUT2D eigenvalue weighted by molar-refractivity contribution is 14.1. The lowest BCUT2D eigenvalue weighted by atomic mass is 9.99. The Morgan fingerprint density at radius 1 is 1.25 bits per heavy atom. The van der Waals surface area contributed by atoms with E-state index in [1.165, 1.54) is 14.7 Å². The minimum atomic E-state index is 0.270. The molecular formula is C16H17BrINO. The van der Waals surface area contributed by atoms with Gasteiger partial charge in [-0.3, -0.25) is 0 Å². The van der Waals surface area contributed by atoms with Gasteiger partial charge in [0, 0.05) is 14.1 Å². The molecule has 2 aromatic carbocycles. The molecule has 0 aliphatic carbocycles. The number of rotatable bonds is 5. The van der Waals surface area contributed by atoms with Crippen LogP contribution in [0.15, 0.2) is 46.9 Å². The number of hydrogen-bond acceptors (Lipinski definition) is 2. The zero-order valence-electron chi connectivity index (χ0n) is 11.5. The number of methoxy groups -OCH3 is 1. The third kappa shape index (κ3) is 3.96. The van der Waals surface area contributed by atoms with Crippen LogP contribution in [0.5, 0.6) is 5.75 Å². The molecule has 106 valence electrons. The van der Waals surface area contributed by atoms with Crippen molar-refractivity contribution in [2.24, 2.45) is 0 Å². The normalized spacial score (nSPS) is 12.2. The molecule has 0 bridgehead atoms. The van der Waals surface area contributed by atoms with Crippen molar-refractivity contribution in [2.75, 3.05) is 14.2 Å². The third-order valence-corrected chi connectivity index (χ3v) is 4.65. The SMILES string of the molecule is CNC(Cc1cccc(OC)c1)c1cc(I)ccc1Br. The Hall–Kier alpha value is -0.590. The summed E-state index contributed by atoms with van der Waals surface area (Å²) in [5.41, 5.74) is 2.54. The van der Waals surface area contributed by atoms with E-state index in [9.17, 15) is 0 Å². The van der Waals surface area contributed by atoms with Crippen molar-refractivity contribution in [1.29, 1.82) is 0 Å². The van der Waals surface area contributed by atoms with Crippen molar-refractivity contribution in [3.8, 4) is 5.75 Å². The molecule has 4 heteroatoms. The van der Waals surface area contributed by atoms with Crippen molar-refractivity contribution in [3.63, 3.8) is 0 Å². The summed E-state index contributed by atoms with van der Waals surface area (Å²) in [5, 5.41) is 3.40. The van der Waals surface area contributed by atoms with Gasteiger partial charge in [-0.15, -0.1) is 0 Å². The van der Waals surface area contributed by atoms with Crippen LogP contribution in [0.25, 0.3) is 0 Å². The summed E-state index contributed by atoms with van der Waals surface area (Å²) in [5.74, 6) is 0.902. The maximum absolute atomic E-state index is 5.29. The van der Waals surface area contributed by atoms with Gasteiger partial charge in [-0.05, 0) is 77.5 Å². The Balaban J connectivity index is 2.26. The quantitative estimate of drug-likeness (QED) is 0.681. The second kappa shape index (κ2) is 7.43. The van der Waals surface area contributed by atoms with E-state index >= 15 is 0 Å². The number of ether oxygens (including phenoxy) is 1. The first-order valence-electron chi connectivity index (χ1n) is 6.39. The minimum Gasteiger partial charge on any atom is -0.497 e. The molecule has 0 aliphatic heterocycles. The van der Waals surface area contributed by atoms with Gasteiger partial charge in [0.05, 0.1) is 7.11 Å². The molecule has 1 N–H and O–H groups in total. The summed E-state index contributed by atoms with van der Waals surface area (Å²) in [4.78, 5) is 0. The summed E-state index contributed by atoms with van der Waals surface area (Å²) in [6.45, 7) is 0. The summed E-state index contributed by atoms with van der Waals surface area (Å²) in [6, 6.07) is 14.9. The Kier molecular flexibility index (Phi) is 5.86. The average Bonchev–Trinajstić information content (AvgIpc) is 2.47. The first kappa shape index (κ1) is 15.8. The van der Waals surface area contributed by atoms with Gasteiger partial charge >= 0.3 is 0 Å². The molecule has 0 heterocycles. The molecule has 2 rings (SSSR count). The van der Waals surface area contributed by atoms with Gasteiger partial charge in [0.15, 0.2) is 0 Å². The zero-order valence-corrected chi connectivity index (χ0v) is 15.2. The second-order valence-corrected chi connectivity index (χ2v) is 6.66. The fourth-order valence-corrected chi connectivity index (χ4v) is 3.22. The smallest absolute Gasteiger partial charge is 0.119 e. The molecule has 0 radical (unpaired) electrons. The number of halogens is 2. The molecule has 0 aromatic heterocycles. The predicted octanol–water partition coefficient (Wildman–Crippen LogP) is 4.57. The van der Waals surface area contributed by atoms with E-state index < -0.39 is 0 Å². The molecule has 1 unspecified atom stereocenters. The first-order chi connectivity index (χ1) is 9.63. The summed E-state index contributed by atoms with van der Waals surface area (Å²) < 4.78 is 7.67. The molecule has 0 fully saturated rings. The highest BCUT2D eigenvalue weighted by atomic mass is 127. The van der Waals surface area contributed by atoms with Crippen LogP contribution in [0.1, 0.15) is 17.2 Å². The standard InChI is InChI=1S/C16H17BrINO/c1-19-16(14-10-12(18)6-7-15(14)17)9-11-4-3-5-13(8-11)20-2/h3-8,10,16,19H,9H2,1-2H3. The van der Waals surface area contributed by atoms with Crippen LogP contribution in [-0.2, 0) is 6.42 Å². The minimum absolute atomic E-state index is 0.270. The van der Waals surface area contributed by atoms with E-state index in [0.717, 1.165) is 16.6 Å². The number of hydrogen-bond donors (Lipinski definition) is 1. The highest BCUT2D eigenvalue weighted by Gasteiger charge is 2.14. The molecule has 2 nitrogen and oxygen atoms in total. The van der Waals surface area contributed by atoms with Gasteiger partial charge in [0.1, 0.15) is 5.75 Å². The molecule has 2 aromatic rings. The number of benzene rings is 2. The number of nitrogens with one attached hydrogen (secondary N) is 1. The largest absolute Gasteiger partial charge is 0.497 e. The van der Waals surface area contributed by atoms with Crippen molar-refractivity contribution in [3.05, 3.63) is 61.6 Å². The van der Waals surface area contributed by atoms with Gasteiger partial charge in [-0.2, -0.15) is 0 Å². The Morgan fingerprint density at radius 2 is 2.05 bits per heavy atom. The molecule has 0 spiro atoms. The van der Waals surface area contributed by atoms with Crippen molar-refractivity contribution < 1.29 is 4.74 Å². The van der Waals surface area contributed by atoms with Crippen LogP contribution in [-0.4, -0.2) is 14.2 Å². The monoisotopic (exact) mass is 445 g/mol. The molecule has 0 saturated carbocycles. The highest BCUT2D eigenvalue weighted by Crippen LogP contribution is 2.28. The molecule has 1 atom stereocenters. The van der Waals surface area contributed by atoms with Gasteiger partial charge in [-0.1, -0.05) is 28.1 Å². The van der Waals surface area contributed by atoms with Gasteiger partial charge in [0.25, 0.3) is 0 Å². The van der Waals surface area contributed by atoms with Crippen LogP contribution >= 0.6 is 38.5 Å². The van der Waals surface area contributed by atoms with Crippen molar-refractivity contribution in [1.82, 2.24) is 5.32 Å². The fraction of sp³-hybridized carbons (Fsp3) is 0.250. The predicted molar refractivity (Wildman–Crippen MR) is 95.4 cm³/mol. The topological polar surface area (TPSA) is 21.3 Å².